The van der Waals surface area contributed by atoms with E-state index in [0.717, 1.165) is 50.5 Å². The van der Waals surface area contributed by atoms with E-state index in [4.69, 9.17) is 32.7 Å². The average molecular weight is 396 g/mol. The molecule has 0 radical (unpaired) electrons. The largest absolute Gasteiger partial charge is 0.489 e. The molecule has 26 heavy (non-hydrogen) atoms. The predicted molar refractivity (Wildman–Crippen MR) is 109 cm³/mol. The fraction of sp³-hybridized carbons (Fsp3) is 0.429. The fourth-order valence-electron chi connectivity index (χ4n) is 2.42. The summed E-state index contributed by atoms with van der Waals surface area (Å²) in [5.41, 5.74) is 2.19. The van der Waals surface area contributed by atoms with E-state index in [1.807, 2.05) is 24.3 Å². The van der Waals surface area contributed by atoms with Crippen LogP contribution in [0.5, 0.6) is 5.75 Å². The smallest absolute Gasteiger partial charge is 0.120 e. The maximum atomic E-state index is 6.03. The number of benzene rings is 2. The highest BCUT2D eigenvalue weighted by Crippen LogP contribution is 2.23. The third kappa shape index (κ3) is 7.96. The highest BCUT2D eigenvalue weighted by Gasteiger charge is 2.02. The molecule has 2 aromatic rings. The molecular formula is C21H27Cl2NO2. The van der Waals surface area contributed by atoms with Gasteiger partial charge in [0, 0.05) is 19.8 Å². The molecule has 5 heteroatoms. The van der Waals surface area contributed by atoms with Crippen LogP contribution < -0.4 is 10.1 Å². The zero-order valence-corrected chi connectivity index (χ0v) is 16.8. The van der Waals surface area contributed by atoms with E-state index in [2.05, 4.69) is 24.4 Å². The molecule has 0 aromatic heterocycles. The van der Waals surface area contributed by atoms with Crippen LogP contribution in [0.15, 0.2) is 42.5 Å². The van der Waals surface area contributed by atoms with Gasteiger partial charge in [0.05, 0.1) is 10.0 Å². The van der Waals surface area contributed by atoms with E-state index in [1.54, 1.807) is 6.07 Å². The minimum absolute atomic E-state index is 0.461. The number of nitrogens with one attached hydrogen (secondary N) is 1. The van der Waals surface area contributed by atoms with Crippen molar-refractivity contribution in [2.75, 3.05) is 19.8 Å². The zero-order valence-electron chi connectivity index (χ0n) is 15.3. The summed E-state index contributed by atoms with van der Waals surface area (Å²) in [6.07, 6.45) is 3.35. The quantitative estimate of drug-likeness (QED) is 0.455. The standard InChI is InChI=1S/C21H27Cl2NO2/c1-2-3-11-25-12-5-10-24-15-17-6-4-7-19(13-17)26-16-18-8-9-20(22)21(23)14-18/h4,6-9,13-14,24H,2-3,5,10-12,15-16H2,1H3. The zero-order chi connectivity index (χ0) is 18.6. The summed E-state index contributed by atoms with van der Waals surface area (Å²) in [7, 11) is 0. The van der Waals surface area contributed by atoms with Crippen LogP contribution in [0, 0.1) is 0 Å². The van der Waals surface area contributed by atoms with Crippen molar-refractivity contribution in [3.63, 3.8) is 0 Å². The SMILES string of the molecule is CCCCOCCCNCc1cccc(OCc2ccc(Cl)c(Cl)c2)c1. The van der Waals surface area contributed by atoms with E-state index >= 15 is 0 Å². The van der Waals surface area contributed by atoms with Gasteiger partial charge in [-0.25, -0.2) is 0 Å². The minimum atomic E-state index is 0.461. The first-order valence-corrected chi connectivity index (χ1v) is 9.88. The lowest BCUT2D eigenvalue weighted by atomic mass is 10.2. The molecule has 0 saturated carbocycles. The molecule has 0 fully saturated rings. The lowest BCUT2D eigenvalue weighted by molar-refractivity contribution is 0.129. The van der Waals surface area contributed by atoms with Gasteiger partial charge in [-0.2, -0.15) is 0 Å². The molecule has 0 aliphatic carbocycles. The molecule has 0 saturated heterocycles. The van der Waals surface area contributed by atoms with Crippen molar-refractivity contribution in [3.8, 4) is 5.75 Å². The van der Waals surface area contributed by atoms with Gasteiger partial charge in [-0.3, -0.25) is 0 Å². The lowest BCUT2D eigenvalue weighted by Crippen LogP contribution is -2.16. The first kappa shape index (κ1) is 21.0. The van der Waals surface area contributed by atoms with E-state index in [-0.39, 0.29) is 0 Å². The maximum absolute atomic E-state index is 6.03. The third-order valence-electron chi connectivity index (χ3n) is 3.90. The molecule has 2 rings (SSSR count). The maximum Gasteiger partial charge on any atom is 0.120 e. The van der Waals surface area contributed by atoms with Crippen molar-refractivity contribution in [2.24, 2.45) is 0 Å². The molecule has 0 atom stereocenters. The van der Waals surface area contributed by atoms with Crippen molar-refractivity contribution in [1.82, 2.24) is 5.32 Å². The number of ether oxygens (including phenoxy) is 2. The Morgan fingerprint density at radius 1 is 0.923 bits per heavy atom. The number of halogens is 2. The third-order valence-corrected chi connectivity index (χ3v) is 4.64. The van der Waals surface area contributed by atoms with Crippen molar-refractivity contribution >= 4 is 23.2 Å². The van der Waals surface area contributed by atoms with Crippen molar-refractivity contribution < 1.29 is 9.47 Å². The molecule has 0 unspecified atom stereocenters. The number of rotatable bonds is 12. The van der Waals surface area contributed by atoms with Crippen LogP contribution in [-0.4, -0.2) is 19.8 Å². The summed E-state index contributed by atoms with van der Waals surface area (Å²) in [6.45, 7) is 6.09. The molecule has 1 N–H and O–H groups in total. The molecular weight excluding hydrogens is 369 g/mol. The summed E-state index contributed by atoms with van der Waals surface area (Å²) in [5, 5.41) is 4.54. The molecule has 0 aliphatic heterocycles. The van der Waals surface area contributed by atoms with Gasteiger partial charge >= 0.3 is 0 Å². The Hall–Kier alpha value is -1.26. The average Bonchev–Trinajstić information content (AvgIpc) is 2.65. The molecule has 2 aromatic carbocycles. The molecule has 0 amide bonds. The van der Waals surface area contributed by atoms with Gasteiger partial charge in [0.15, 0.2) is 0 Å². The number of unbranched alkanes of at least 4 members (excludes halogenated alkanes) is 1. The highest BCUT2D eigenvalue weighted by molar-refractivity contribution is 6.42. The second-order valence-corrected chi connectivity index (χ2v) is 7.00. The molecule has 0 heterocycles. The van der Waals surface area contributed by atoms with E-state index in [0.29, 0.717) is 16.7 Å². The highest BCUT2D eigenvalue weighted by atomic mass is 35.5. The van der Waals surface area contributed by atoms with Gasteiger partial charge < -0.3 is 14.8 Å². The Kier molecular flexibility index (Phi) is 9.86. The number of hydrogen-bond donors (Lipinski definition) is 1. The van der Waals surface area contributed by atoms with Gasteiger partial charge in [0.1, 0.15) is 12.4 Å². The monoisotopic (exact) mass is 395 g/mol. The lowest BCUT2D eigenvalue weighted by Gasteiger charge is -2.10. The Balaban J connectivity index is 1.69. The Morgan fingerprint density at radius 3 is 2.58 bits per heavy atom. The van der Waals surface area contributed by atoms with Gasteiger partial charge in [0.2, 0.25) is 0 Å². The molecule has 142 valence electrons. The van der Waals surface area contributed by atoms with Crippen LogP contribution in [0.3, 0.4) is 0 Å². The number of hydrogen-bond acceptors (Lipinski definition) is 3. The first-order valence-electron chi connectivity index (χ1n) is 9.13. The van der Waals surface area contributed by atoms with E-state index in [1.165, 1.54) is 12.0 Å². The second kappa shape index (κ2) is 12.2. The van der Waals surface area contributed by atoms with Gasteiger partial charge in [-0.15, -0.1) is 0 Å². The Labute approximate surface area is 166 Å². The van der Waals surface area contributed by atoms with Crippen molar-refractivity contribution in [2.45, 2.75) is 39.3 Å². The van der Waals surface area contributed by atoms with Gasteiger partial charge in [-0.05, 0) is 54.8 Å². The first-order chi connectivity index (χ1) is 12.7. The topological polar surface area (TPSA) is 30.5 Å². The fourth-order valence-corrected chi connectivity index (χ4v) is 2.74. The summed E-state index contributed by atoms with van der Waals surface area (Å²) >= 11 is 12.0. The van der Waals surface area contributed by atoms with Gasteiger partial charge in [-0.1, -0.05) is 54.7 Å². The minimum Gasteiger partial charge on any atom is -0.489 e. The van der Waals surface area contributed by atoms with Crippen molar-refractivity contribution in [3.05, 3.63) is 63.6 Å². The summed E-state index contributed by atoms with van der Waals surface area (Å²) in [6, 6.07) is 13.7. The Morgan fingerprint density at radius 2 is 1.77 bits per heavy atom. The van der Waals surface area contributed by atoms with Crippen LogP contribution >= 0.6 is 23.2 Å². The molecule has 0 spiro atoms. The van der Waals surface area contributed by atoms with Crippen LogP contribution in [-0.2, 0) is 17.9 Å². The van der Waals surface area contributed by atoms with Crippen LogP contribution in [0.25, 0.3) is 0 Å². The van der Waals surface area contributed by atoms with E-state index in [9.17, 15) is 0 Å². The predicted octanol–water partition coefficient (Wildman–Crippen LogP) is 5.87. The summed E-state index contributed by atoms with van der Waals surface area (Å²) in [4.78, 5) is 0. The van der Waals surface area contributed by atoms with Crippen LogP contribution in [0.2, 0.25) is 10.0 Å². The van der Waals surface area contributed by atoms with Crippen LogP contribution in [0.4, 0.5) is 0 Å². The molecule has 3 nitrogen and oxygen atoms in total. The summed E-state index contributed by atoms with van der Waals surface area (Å²) < 4.78 is 11.4. The van der Waals surface area contributed by atoms with E-state index < -0.39 is 0 Å². The van der Waals surface area contributed by atoms with Gasteiger partial charge in [0.25, 0.3) is 0 Å². The summed E-state index contributed by atoms with van der Waals surface area (Å²) in [5.74, 6) is 0.846. The normalized spacial score (nSPS) is 10.9. The van der Waals surface area contributed by atoms with Crippen LogP contribution in [0.1, 0.15) is 37.3 Å². The molecule has 0 bridgehead atoms. The van der Waals surface area contributed by atoms with Crippen molar-refractivity contribution in [1.29, 1.82) is 0 Å². The second-order valence-electron chi connectivity index (χ2n) is 6.18. The Bertz CT molecular complexity index is 664. The molecule has 0 aliphatic rings.